The Morgan fingerprint density at radius 1 is 1.00 bits per heavy atom. The van der Waals surface area contributed by atoms with Gasteiger partial charge in [-0.25, -0.2) is 4.98 Å². The van der Waals surface area contributed by atoms with Gasteiger partial charge in [-0.05, 0) is 24.3 Å². The average molecular weight is 251 g/mol. The molecular formula is C15H9NOS. The number of rotatable bonds is 1. The molecule has 0 fully saturated rings. The molecule has 0 aliphatic heterocycles. The Labute approximate surface area is 108 Å². The molecule has 0 aliphatic rings. The molecular weight excluding hydrogens is 242 g/mol. The molecule has 0 aliphatic carbocycles. The Balaban J connectivity index is 1.94. The number of aromatic nitrogens is 1. The van der Waals surface area contributed by atoms with Crippen LogP contribution in [-0.2, 0) is 0 Å². The van der Waals surface area contributed by atoms with Crippen LogP contribution in [0.3, 0.4) is 0 Å². The predicted octanol–water partition coefficient (Wildman–Crippen LogP) is 4.71. The highest BCUT2D eigenvalue weighted by atomic mass is 32.1. The highest BCUT2D eigenvalue weighted by Gasteiger charge is 2.07. The van der Waals surface area contributed by atoms with E-state index in [-0.39, 0.29) is 0 Å². The van der Waals surface area contributed by atoms with Crippen LogP contribution in [-0.4, -0.2) is 4.98 Å². The van der Waals surface area contributed by atoms with Gasteiger partial charge in [0.05, 0.1) is 16.5 Å². The standard InChI is InChI=1S/C15H9NOS/c1-2-4-14-12(3-1)16-15(18-14)11-6-5-10-7-8-17-13(10)9-11/h1-9H. The van der Waals surface area contributed by atoms with Gasteiger partial charge < -0.3 is 4.42 Å². The summed E-state index contributed by atoms with van der Waals surface area (Å²) >= 11 is 1.71. The zero-order valence-corrected chi connectivity index (χ0v) is 10.3. The van der Waals surface area contributed by atoms with Crippen molar-refractivity contribution in [2.75, 3.05) is 0 Å². The van der Waals surface area contributed by atoms with Crippen LogP contribution in [0.5, 0.6) is 0 Å². The second-order valence-electron chi connectivity index (χ2n) is 4.16. The molecule has 0 N–H and O–H groups in total. The molecule has 0 spiro atoms. The van der Waals surface area contributed by atoms with Crippen molar-refractivity contribution >= 4 is 32.5 Å². The number of fused-ring (bicyclic) bond motifs is 2. The Kier molecular flexibility index (Phi) is 2.02. The minimum absolute atomic E-state index is 0.909. The SMILES string of the molecule is c1ccc2sc(-c3ccc4ccoc4c3)nc2c1. The predicted molar refractivity (Wildman–Crippen MR) is 74.8 cm³/mol. The smallest absolute Gasteiger partial charge is 0.134 e. The van der Waals surface area contributed by atoms with Crippen molar-refractivity contribution in [3.05, 3.63) is 54.8 Å². The van der Waals surface area contributed by atoms with Gasteiger partial charge in [0.1, 0.15) is 10.6 Å². The lowest BCUT2D eigenvalue weighted by atomic mass is 10.2. The zero-order chi connectivity index (χ0) is 11.9. The van der Waals surface area contributed by atoms with Crippen LogP contribution in [0.4, 0.5) is 0 Å². The minimum atomic E-state index is 0.909. The minimum Gasteiger partial charge on any atom is -0.464 e. The highest BCUT2D eigenvalue weighted by molar-refractivity contribution is 7.21. The second kappa shape index (κ2) is 3.68. The summed E-state index contributed by atoms with van der Waals surface area (Å²) in [4.78, 5) is 4.65. The highest BCUT2D eigenvalue weighted by Crippen LogP contribution is 2.31. The molecule has 0 saturated heterocycles. The molecule has 3 heteroatoms. The van der Waals surface area contributed by atoms with E-state index in [0.717, 1.165) is 27.1 Å². The first-order valence-corrected chi connectivity index (χ1v) is 6.55. The maximum absolute atomic E-state index is 5.43. The van der Waals surface area contributed by atoms with Gasteiger partial charge in [-0.1, -0.05) is 24.3 Å². The maximum atomic E-state index is 5.43. The van der Waals surface area contributed by atoms with Crippen LogP contribution < -0.4 is 0 Å². The summed E-state index contributed by atoms with van der Waals surface area (Å²) in [6, 6.07) is 16.4. The van der Waals surface area contributed by atoms with E-state index in [4.69, 9.17) is 4.42 Å². The first-order chi connectivity index (χ1) is 8.90. The van der Waals surface area contributed by atoms with Crippen LogP contribution >= 0.6 is 11.3 Å². The van der Waals surface area contributed by atoms with Gasteiger partial charge in [0.15, 0.2) is 0 Å². The van der Waals surface area contributed by atoms with E-state index >= 15 is 0 Å². The third-order valence-electron chi connectivity index (χ3n) is 3.00. The number of benzene rings is 2. The lowest BCUT2D eigenvalue weighted by molar-refractivity contribution is 0.616. The van der Waals surface area contributed by atoms with Crippen LogP contribution in [0, 0.1) is 0 Å². The van der Waals surface area contributed by atoms with Crippen molar-refractivity contribution in [1.82, 2.24) is 4.98 Å². The molecule has 4 aromatic rings. The van der Waals surface area contributed by atoms with Crippen molar-refractivity contribution in [3.63, 3.8) is 0 Å². The van der Waals surface area contributed by atoms with Crippen LogP contribution in [0.15, 0.2) is 59.2 Å². The van der Waals surface area contributed by atoms with E-state index in [1.807, 2.05) is 30.3 Å². The maximum Gasteiger partial charge on any atom is 0.134 e. The summed E-state index contributed by atoms with van der Waals surface area (Å²) in [5.41, 5.74) is 3.07. The van der Waals surface area contributed by atoms with E-state index in [1.165, 1.54) is 4.70 Å². The van der Waals surface area contributed by atoms with Crippen LogP contribution in [0.25, 0.3) is 31.8 Å². The van der Waals surface area contributed by atoms with Crippen LogP contribution in [0.1, 0.15) is 0 Å². The van der Waals surface area contributed by atoms with Gasteiger partial charge in [-0.2, -0.15) is 0 Å². The van der Waals surface area contributed by atoms with Crippen LogP contribution in [0.2, 0.25) is 0 Å². The third-order valence-corrected chi connectivity index (χ3v) is 4.08. The Morgan fingerprint density at radius 2 is 1.94 bits per heavy atom. The summed E-state index contributed by atoms with van der Waals surface area (Å²) in [7, 11) is 0. The number of furan rings is 1. The largest absolute Gasteiger partial charge is 0.464 e. The number of hydrogen-bond acceptors (Lipinski definition) is 3. The van der Waals surface area contributed by atoms with Crippen molar-refractivity contribution in [1.29, 1.82) is 0 Å². The summed E-state index contributed by atoms with van der Waals surface area (Å²) < 4.78 is 6.65. The van der Waals surface area contributed by atoms with E-state index < -0.39 is 0 Å². The molecule has 0 saturated carbocycles. The molecule has 0 radical (unpaired) electrons. The summed E-state index contributed by atoms with van der Waals surface area (Å²) in [5, 5.41) is 2.16. The van der Waals surface area contributed by atoms with Gasteiger partial charge >= 0.3 is 0 Å². The number of nitrogens with zero attached hydrogens (tertiary/aromatic N) is 1. The third kappa shape index (κ3) is 1.45. The fourth-order valence-electron chi connectivity index (χ4n) is 2.08. The molecule has 0 atom stereocenters. The van der Waals surface area contributed by atoms with Gasteiger partial charge in [-0.15, -0.1) is 11.3 Å². The van der Waals surface area contributed by atoms with Crippen molar-refractivity contribution in [2.45, 2.75) is 0 Å². The lowest BCUT2D eigenvalue weighted by Crippen LogP contribution is -1.75. The van der Waals surface area contributed by atoms with Crippen molar-refractivity contribution in [2.24, 2.45) is 0 Å². The first kappa shape index (κ1) is 9.85. The monoisotopic (exact) mass is 251 g/mol. The quantitative estimate of drug-likeness (QED) is 0.489. The summed E-state index contributed by atoms with van der Waals surface area (Å²) in [6.45, 7) is 0. The zero-order valence-electron chi connectivity index (χ0n) is 9.46. The van der Waals surface area contributed by atoms with Gasteiger partial charge in [0, 0.05) is 10.9 Å². The molecule has 0 bridgehead atoms. The molecule has 0 amide bonds. The molecule has 2 aromatic heterocycles. The molecule has 4 rings (SSSR count). The summed E-state index contributed by atoms with van der Waals surface area (Å²) in [5.74, 6) is 0. The first-order valence-electron chi connectivity index (χ1n) is 5.73. The Bertz CT molecular complexity index is 811. The number of thiazole rings is 1. The fraction of sp³-hybridized carbons (Fsp3) is 0. The molecule has 2 nitrogen and oxygen atoms in total. The average Bonchev–Trinajstić information content (AvgIpc) is 3.04. The van der Waals surface area contributed by atoms with Crippen molar-refractivity contribution in [3.8, 4) is 10.6 Å². The number of hydrogen-bond donors (Lipinski definition) is 0. The molecule has 2 heterocycles. The normalized spacial score (nSPS) is 11.3. The van der Waals surface area contributed by atoms with Crippen molar-refractivity contribution < 1.29 is 4.42 Å². The Hall–Kier alpha value is -2.13. The van der Waals surface area contributed by atoms with Gasteiger partial charge in [0.2, 0.25) is 0 Å². The summed E-state index contributed by atoms with van der Waals surface area (Å²) in [6.07, 6.45) is 1.72. The van der Waals surface area contributed by atoms with Gasteiger partial charge in [0.25, 0.3) is 0 Å². The molecule has 86 valence electrons. The lowest BCUT2D eigenvalue weighted by Gasteiger charge is -1.95. The molecule has 2 aromatic carbocycles. The van der Waals surface area contributed by atoms with E-state index in [2.05, 4.69) is 23.2 Å². The Morgan fingerprint density at radius 3 is 2.89 bits per heavy atom. The second-order valence-corrected chi connectivity index (χ2v) is 5.19. The van der Waals surface area contributed by atoms with Gasteiger partial charge in [-0.3, -0.25) is 0 Å². The topological polar surface area (TPSA) is 26.0 Å². The number of para-hydroxylation sites is 1. The molecule has 0 unspecified atom stereocenters. The van der Waals surface area contributed by atoms with E-state index in [0.29, 0.717) is 0 Å². The van der Waals surface area contributed by atoms with E-state index in [1.54, 1.807) is 17.6 Å². The van der Waals surface area contributed by atoms with E-state index in [9.17, 15) is 0 Å². The fourth-order valence-corrected chi connectivity index (χ4v) is 3.05. The molecule has 18 heavy (non-hydrogen) atoms.